The maximum atomic E-state index is 14.8. The topological polar surface area (TPSA) is 9.23 Å². The molecule has 1 nitrogen and oxygen atoms in total. The van der Waals surface area contributed by atoms with E-state index in [2.05, 4.69) is 15.9 Å². The van der Waals surface area contributed by atoms with E-state index in [0.29, 0.717) is 0 Å². The second kappa shape index (κ2) is 9.31. The Morgan fingerprint density at radius 2 is 0.970 bits per heavy atom. The number of hydrogen-bond acceptors (Lipinski definition) is 1. The quantitative estimate of drug-likeness (QED) is 0.189. The third-order valence-corrected chi connectivity index (χ3v) is 5.59. The highest BCUT2D eigenvalue weighted by Gasteiger charge is 2.24. The molecule has 0 amide bonds. The Hall–Kier alpha value is -3.26. The molecule has 0 N–H and O–H groups in total. The Labute approximate surface area is 193 Å². The molecule has 0 atom stereocenters. The number of ether oxygens (including phenoxy) is 1. The summed E-state index contributed by atoms with van der Waals surface area (Å²) in [4.78, 5) is 0. The first kappa shape index (κ1) is 22.9. The van der Waals surface area contributed by atoms with E-state index in [1.165, 1.54) is 0 Å². The molecule has 0 aliphatic carbocycles. The number of halogens is 7. The Kier molecular flexibility index (Phi) is 6.47. The molecule has 0 aliphatic rings. The van der Waals surface area contributed by atoms with Crippen LogP contribution >= 0.6 is 15.9 Å². The van der Waals surface area contributed by atoms with Crippen molar-refractivity contribution in [1.29, 1.82) is 0 Å². The first-order chi connectivity index (χ1) is 15.8. The second-order valence-corrected chi connectivity index (χ2v) is 7.88. The molecule has 0 aromatic heterocycles. The van der Waals surface area contributed by atoms with Gasteiger partial charge in [0.1, 0.15) is 6.61 Å². The van der Waals surface area contributed by atoms with Crippen molar-refractivity contribution in [2.45, 2.75) is 6.61 Å². The van der Waals surface area contributed by atoms with Crippen molar-refractivity contribution in [2.75, 3.05) is 0 Å². The van der Waals surface area contributed by atoms with Crippen molar-refractivity contribution < 1.29 is 31.1 Å². The van der Waals surface area contributed by atoms with Crippen LogP contribution in [0.2, 0.25) is 0 Å². The van der Waals surface area contributed by atoms with Gasteiger partial charge < -0.3 is 4.74 Å². The molecule has 0 saturated carbocycles. The van der Waals surface area contributed by atoms with Gasteiger partial charge in [0, 0.05) is 22.3 Å². The minimum absolute atomic E-state index is 0.0243. The molecular formula is C25H13BrF6O. The summed E-state index contributed by atoms with van der Waals surface area (Å²) in [5.74, 6) is -8.92. The summed E-state index contributed by atoms with van der Waals surface area (Å²) in [5.41, 5.74) is -1.49. The fourth-order valence-electron chi connectivity index (χ4n) is 3.29. The van der Waals surface area contributed by atoms with E-state index in [1.54, 1.807) is 30.3 Å². The lowest BCUT2D eigenvalue weighted by Crippen LogP contribution is -2.02. The first-order valence-corrected chi connectivity index (χ1v) is 10.4. The van der Waals surface area contributed by atoms with Crippen molar-refractivity contribution in [3.05, 3.63) is 112 Å². The van der Waals surface area contributed by atoms with Crippen LogP contribution in [0.25, 0.3) is 22.3 Å². The first-order valence-electron chi connectivity index (χ1n) is 9.56. The van der Waals surface area contributed by atoms with Crippen LogP contribution in [-0.2, 0) is 6.61 Å². The fraction of sp³-hybridized carbons (Fsp3) is 0.0400. The Balaban J connectivity index is 1.69. The monoisotopic (exact) mass is 522 g/mol. The summed E-state index contributed by atoms with van der Waals surface area (Å²) in [6, 6.07) is 15.1. The average Bonchev–Trinajstić information content (AvgIpc) is 2.82. The predicted octanol–water partition coefficient (Wildman–Crippen LogP) is 8.20. The van der Waals surface area contributed by atoms with Gasteiger partial charge in [-0.3, -0.25) is 0 Å². The maximum absolute atomic E-state index is 14.8. The molecule has 168 valence electrons. The standard InChI is InChI=1S/C25H13BrF6O/c26-18-10-8-16(22(29)24(18)31)14-6-7-15(21(28)20(14)27)17-9-11-19(25(32)23(17)30)33-12-13-4-2-1-3-5-13/h1-11H,12H2. The zero-order valence-corrected chi connectivity index (χ0v) is 18.2. The van der Waals surface area contributed by atoms with Crippen LogP contribution < -0.4 is 4.74 Å². The van der Waals surface area contributed by atoms with Crippen LogP contribution in [0.4, 0.5) is 26.3 Å². The number of rotatable bonds is 5. The van der Waals surface area contributed by atoms with Crippen LogP contribution in [0.15, 0.2) is 71.2 Å². The SMILES string of the molecule is Fc1c(Br)ccc(-c2ccc(-c3ccc(OCc4ccccc4)c(F)c3F)c(F)c2F)c1F. The molecule has 0 unspecified atom stereocenters. The largest absolute Gasteiger partial charge is 0.486 e. The van der Waals surface area contributed by atoms with Gasteiger partial charge in [-0.05, 0) is 45.8 Å². The van der Waals surface area contributed by atoms with Crippen molar-refractivity contribution in [3.8, 4) is 28.0 Å². The maximum Gasteiger partial charge on any atom is 0.201 e. The second-order valence-electron chi connectivity index (χ2n) is 7.03. The van der Waals surface area contributed by atoms with E-state index >= 15 is 0 Å². The molecule has 8 heteroatoms. The minimum atomic E-state index is -1.54. The molecule has 4 aromatic carbocycles. The average molecular weight is 523 g/mol. The van der Waals surface area contributed by atoms with Gasteiger partial charge in [0.2, 0.25) is 5.82 Å². The number of hydrogen-bond donors (Lipinski definition) is 0. The summed E-state index contributed by atoms with van der Waals surface area (Å²) in [6.07, 6.45) is 0. The highest BCUT2D eigenvalue weighted by molar-refractivity contribution is 9.10. The van der Waals surface area contributed by atoms with Crippen molar-refractivity contribution in [2.24, 2.45) is 0 Å². The highest BCUT2D eigenvalue weighted by atomic mass is 79.9. The molecule has 4 rings (SSSR count). The highest BCUT2D eigenvalue weighted by Crippen LogP contribution is 2.37. The van der Waals surface area contributed by atoms with E-state index in [-0.39, 0.29) is 11.1 Å². The van der Waals surface area contributed by atoms with E-state index in [0.717, 1.165) is 42.0 Å². The van der Waals surface area contributed by atoms with Crippen molar-refractivity contribution >= 4 is 15.9 Å². The predicted molar refractivity (Wildman–Crippen MR) is 116 cm³/mol. The van der Waals surface area contributed by atoms with E-state index in [4.69, 9.17) is 4.74 Å². The molecule has 0 spiro atoms. The van der Waals surface area contributed by atoms with Gasteiger partial charge in [0.25, 0.3) is 0 Å². The third kappa shape index (κ3) is 4.35. The Morgan fingerprint density at radius 3 is 1.55 bits per heavy atom. The van der Waals surface area contributed by atoms with E-state index in [1.807, 2.05) is 0 Å². The summed E-state index contributed by atoms with van der Waals surface area (Å²) in [5, 5.41) is 0. The fourth-order valence-corrected chi connectivity index (χ4v) is 3.59. The Morgan fingerprint density at radius 1 is 0.515 bits per heavy atom. The molecule has 4 aromatic rings. The van der Waals surface area contributed by atoms with Crippen LogP contribution in [0, 0.1) is 34.9 Å². The lowest BCUT2D eigenvalue weighted by Gasteiger charge is -2.13. The van der Waals surface area contributed by atoms with Crippen molar-refractivity contribution in [1.82, 2.24) is 0 Å². The smallest absolute Gasteiger partial charge is 0.201 e. The summed E-state index contributed by atoms with van der Waals surface area (Å²) in [6.45, 7) is -0.0243. The lowest BCUT2D eigenvalue weighted by atomic mass is 9.98. The van der Waals surface area contributed by atoms with Crippen LogP contribution in [0.3, 0.4) is 0 Å². The van der Waals surface area contributed by atoms with Crippen LogP contribution in [0.1, 0.15) is 5.56 Å². The van der Waals surface area contributed by atoms with Gasteiger partial charge in [-0.2, -0.15) is 4.39 Å². The zero-order valence-electron chi connectivity index (χ0n) is 16.6. The zero-order chi connectivity index (χ0) is 23.7. The van der Waals surface area contributed by atoms with Gasteiger partial charge in [-0.15, -0.1) is 0 Å². The minimum Gasteiger partial charge on any atom is -0.486 e. The molecule has 0 saturated heterocycles. The molecule has 33 heavy (non-hydrogen) atoms. The molecule has 0 radical (unpaired) electrons. The summed E-state index contributed by atoms with van der Waals surface area (Å²) in [7, 11) is 0. The molecule has 0 bridgehead atoms. The molecule has 0 fully saturated rings. The third-order valence-electron chi connectivity index (χ3n) is 4.98. The van der Waals surface area contributed by atoms with E-state index < -0.39 is 62.9 Å². The molecule has 0 heterocycles. The van der Waals surface area contributed by atoms with Gasteiger partial charge in [0.05, 0.1) is 4.47 Å². The summed E-state index contributed by atoms with van der Waals surface area (Å²) < 4.78 is 92.0. The normalized spacial score (nSPS) is 11.0. The molecule has 0 aliphatic heterocycles. The number of benzene rings is 4. The molecular weight excluding hydrogens is 510 g/mol. The van der Waals surface area contributed by atoms with Crippen LogP contribution in [-0.4, -0.2) is 0 Å². The van der Waals surface area contributed by atoms with Gasteiger partial charge in [0.15, 0.2) is 34.8 Å². The Bertz CT molecular complexity index is 1340. The van der Waals surface area contributed by atoms with Gasteiger partial charge in [-0.25, -0.2) is 22.0 Å². The summed E-state index contributed by atoms with van der Waals surface area (Å²) >= 11 is 2.80. The van der Waals surface area contributed by atoms with Crippen molar-refractivity contribution in [3.63, 3.8) is 0 Å². The van der Waals surface area contributed by atoms with Gasteiger partial charge >= 0.3 is 0 Å². The lowest BCUT2D eigenvalue weighted by molar-refractivity contribution is 0.285. The van der Waals surface area contributed by atoms with E-state index in [9.17, 15) is 26.3 Å². The van der Waals surface area contributed by atoms with Crippen LogP contribution in [0.5, 0.6) is 5.75 Å². The van der Waals surface area contributed by atoms with Gasteiger partial charge in [-0.1, -0.05) is 42.5 Å².